The first-order valence-corrected chi connectivity index (χ1v) is 11.8. The predicted octanol–water partition coefficient (Wildman–Crippen LogP) is 6.68. The molecule has 0 amide bonds. The van der Waals surface area contributed by atoms with Gasteiger partial charge in [0.05, 0.1) is 15.5 Å². The third kappa shape index (κ3) is 4.59. The third-order valence-electron chi connectivity index (χ3n) is 5.13. The fourth-order valence-corrected chi connectivity index (χ4v) is 4.99. The highest BCUT2D eigenvalue weighted by Gasteiger charge is 2.29. The number of non-ortho nitro benzene ring substituents is 1. The van der Waals surface area contributed by atoms with Crippen molar-refractivity contribution in [3.63, 3.8) is 0 Å². The molecule has 0 spiro atoms. The van der Waals surface area contributed by atoms with Crippen molar-refractivity contribution in [2.24, 2.45) is 4.99 Å². The van der Waals surface area contributed by atoms with Crippen LogP contribution in [0.15, 0.2) is 77.4 Å². The second-order valence-electron chi connectivity index (χ2n) is 7.45. The number of carbonyl (C=O) groups excluding carboxylic acids is 2. The Labute approximate surface area is 217 Å². The van der Waals surface area contributed by atoms with Crippen molar-refractivity contribution in [3.8, 4) is 5.75 Å². The van der Waals surface area contributed by atoms with Crippen molar-refractivity contribution in [3.05, 3.63) is 109 Å². The Morgan fingerprint density at radius 2 is 1.83 bits per heavy atom. The first-order valence-electron chi connectivity index (χ1n) is 10.3. The zero-order valence-electron chi connectivity index (χ0n) is 17.9. The molecule has 0 unspecified atom stereocenters. The molecule has 3 aromatic carbocycles. The van der Waals surface area contributed by atoms with E-state index in [9.17, 15) is 19.7 Å². The lowest BCUT2D eigenvalue weighted by Gasteiger charge is -2.07. The summed E-state index contributed by atoms with van der Waals surface area (Å²) in [4.78, 5) is 40.3. The van der Waals surface area contributed by atoms with E-state index in [-0.39, 0.29) is 28.1 Å². The lowest BCUT2D eigenvalue weighted by Crippen LogP contribution is -2.09. The minimum absolute atomic E-state index is 0.0178. The summed E-state index contributed by atoms with van der Waals surface area (Å²) in [6, 6.07) is 17.2. The largest absolute Gasteiger partial charge is 0.422 e. The van der Waals surface area contributed by atoms with Crippen LogP contribution in [0.5, 0.6) is 5.75 Å². The standard InChI is InChI=1S/C25H12Cl2N2O6S/c26-15-7-5-13(6-8-15)24(30)34-19-4-2-1-3-14(19)11-18-25(31)35-23(28-18)22-21(27)17-10-9-16(29(32)33)12-20(17)36-22/h1-12H/b18-11+. The number of rotatable bonds is 5. The van der Waals surface area contributed by atoms with E-state index in [4.69, 9.17) is 32.7 Å². The topological polar surface area (TPSA) is 108 Å². The van der Waals surface area contributed by atoms with E-state index in [1.165, 1.54) is 24.3 Å². The number of thiophene rings is 1. The maximum atomic E-state index is 12.6. The van der Waals surface area contributed by atoms with E-state index in [2.05, 4.69) is 4.99 Å². The number of aliphatic imine (C=N–C) groups is 1. The smallest absolute Gasteiger partial charge is 0.363 e. The van der Waals surface area contributed by atoms with Crippen LogP contribution in [0.2, 0.25) is 10.0 Å². The Balaban J connectivity index is 1.46. The monoisotopic (exact) mass is 538 g/mol. The van der Waals surface area contributed by atoms with Gasteiger partial charge in [0.25, 0.3) is 5.69 Å². The van der Waals surface area contributed by atoms with Gasteiger partial charge in [0.1, 0.15) is 10.6 Å². The highest BCUT2D eigenvalue weighted by molar-refractivity contribution is 7.21. The number of nitro benzene ring substituents is 1. The van der Waals surface area contributed by atoms with Crippen LogP contribution in [0.1, 0.15) is 20.8 Å². The number of benzene rings is 3. The molecule has 1 aromatic heterocycles. The fraction of sp³-hybridized carbons (Fsp3) is 0. The van der Waals surface area contributed by atoms with Crippen LogP contribution >= 0.6 is 34.5 Å². The van der Waals surface area contributed by atoms with E-state index in [1.807, 2.05) is 0 Å². The second kappa shape index (κ2) is 9.54. The molecule has 4 aromatic rings. The van der Waals surface area contributed by atoms with Crippen LogP contribution in [-0.2, 0) is 9.53 Å². The molecule has 1 aliphatic heterocycles. The van der Waals surface area contributed by atoms with Gasteiger partial charge in [0, 0.05) is 32.8 Å². The van der Waals surface area contributed by atoms with Gasteiger partial charge in [-0.3, -0.25) is 10.1 Å². The summed E-state index contributed by atoms with van der Waals surface area (Å²) >= 11 is 13.4. The van der Waals surface area contributed by atoms with Gasteiger partial charge in [-0.2, -0.15) is 0 Å². The number of esters is 2. The highest BCUT2D eigenvalue weighted by Crippen LogP contribution is 2.39. The van der Waals surface area contributed by atoms with E-state index in [0.717, 1.165) is 11.3 Å². The van der Waals surface area contributed by atoms with Crippen molar-refractivity contribution >= 4 is 74.2 Å². The molecular weight excluding hydrogens is 527 g/mol. The predicted molar refractivity (Wildman–Crippen MR) is 137 cm³/mol. The van der Waals surface area contributed by atoms with Crippen LogP contribution in [0.4, 0.5) is 5.69 Å². The average molecular weight is 539 g/mol. The Kier molecular flexibility index (Phi) is 6.27. The summed E-state index contributed by atoms with van der Waals surface area (Å²) in [7, 11) is 0. The number of halogens is 2. The van der Waals surface area contributed by atoms with Gasteiger partial charge < -0.3 is 9.47 Å². The number of cyclic esters (lactones) is 1. The molecule has 11 heteroatoms. The van der Waals surface area contributed by atoms with Crippen molar-refractivity contribution in [1.29, 1.82) is 0 Å². The third-order valence-corrected chi connectivity index (χ3v) is 7.03. The van der Waals surface area contributed by atoms with Gasteiger partial charge in [-0.15, -0.1) is 11.3 Å². The van der Waals surface area contributed by atoms with Crippen LogP contribution < -0.4 is 4.74 Å². The number of hydrogen-bond acceptors (Lipinski definition) is 8. The minimum atomic E-state index is -0.719. The summed E-state index contributed by atoms with van der Waals surface area (Å²) in [5.41, 5.74) is 0.624. The fourth-order valence-electron chi connectivity index (χ4n) is 3.40. The van der Waals surface area contributed by atoms with Gasteiger partial charge in [-0.05, 0) is 42.5 Å². The zero-order valence-corrected chi connectivity index (χ0v) is 20.3. The number of carbonyl (C=O) groups is 2. The number of para-hydroxylation sites is 1. The minimum Gasteiger partial charge on any atom is -0.422 e. The molecular formula is C25H12Cl2N2O6S. The average Bonchev–Trinajstić information content (AvgIpc) is 3.39. The van der Waals surface area contributed by atoms with Crippen LogP contribution in [0, 0.1) is 10.1 Å². The Morgan fingerprint density at radius 3 is 2.58 bits per heavy atom. The van der Waals surface area contributed by atoms with Gasteiger partial charge in [0.15, 0.2) is 5.70 Å². The van der Waals surface area contributed by atoms with E-state index >= 15 is 0 Å². The maximum absolute atomic E-state index is 12.6. The number of ether oxygens (including phenoxy) is 2. The summed E-state index contributed by atoms with van der Waals surface area (Å²) < 4.78 is 11.4. The van der Waals surface area contributed by atoms with Gasteiger partial charge in [-0.1, -0.05) is 41.4 Å². The molecule has 0 radical (unpaired) electrons. The molecule has 36 heavy (non-hydrogen) atoms. The first kappa shape index (κ1) is 23.7. The summed E-state index contributed by atoms with van der Waals surface area (Å²) in [6.07, 6.45) is 1.44. The van der Waals surface area contributed by atoms with Crippen LogP contribution in [-0.4, -0.2) is 22.8 Å². The summed E-state index contributed by atoms with van der Waals surface area (Å²) in [6.45, 7) is 0. The summed E-state index contributed by atoms with van der Waals surface area (Å²) in [5, 5.41) is 12.4. The molecule has 0 fully saturated rings. The first-order chi connectivity index (χ1) is 17.3. The molecule has 1 aliphatic rings. The molecule has 0 saturated heterocycles. The van der Waals surface area contributed by atoms with E-state index in [0.29, 0.717) is 31.1 Å². The number of hydrogen-bond donors (Lipinski definition) is 0. The van der Waals surface area contributed by atoms with E-state index < -0.39 is 16.9 Å². The summed E-state index contributed by atoms with van der Waals surface area (Å²) in [5.74, 6) is -1.12. The van der Waals surface area contributed by atoms with Crippen molar-refractivity contribution in [2.75, 3.05) is 0 Å². The number of nitrogens with zero attached hydrogens (tertiary/aromatic N) is 2. The van der Waals surface area contributed by atoms with Gasteiger partial charge in [0.2, 0.25) is 5.90 Å². The Morgan fingerprint density at radius 1 is 1.08 bits per heavy atom. The normalized spacial score (nSPS) is 14.1. The SMILES string of the molecule is O=C1OC(c2sc3cc([N+](=O)[O-])ccc3c2Cl)=N/C1=C/c1ccccc1OC(=O)c1ccc(Cl)cc1. The van der Waals surface area contributed by atoms with Crippen LogP contribution in [0.25, 0.3) is 16.2 Å². The molecule has 0 bridgehead atoms. The Hall–Kier alpha value is -4.05. The zero-order chi connectivity index (χ0) is 25.4. The van der Waals surface area contributed by atoms with Gasteiger partial charge in [-0.25, -0.2) is 14.6 Å². The van der Waals surface area contributed by atoms with Crippen molar-refractivity contribution in [1.82, 2.24) is 0 Å². The molecule has 0 saturated carbocycles. The highest BCUT2D eigenvalue weighted by atomic mass is 35.5. The maximum Gasteiger partial charge on any atom is 0.363 e. The molecule has 5 rings (SSSR count). The molecule has 0 N–H and O–H groups in total. The number of nitro groups is 1. The van der Waals surface area contributed by atoms with Crippen molar-refractivity contribution in [2.45, 2.75) is 0 Å². The van der Waals surface area contributed by atoms with Crippen LogP contribution in [0.3, 0.4) is 0 Å². The molecule has 178 valence electrons. The van der Waals surface area contributed by atoms with Crippen molar-refractivity contribution < 1.29 is 24.0 Å². The number of fused-ring (bicyclic) bond motifs is 1. The van der Waals surface area contributed by atoms with Gasteiger partial charge >= 0.3 is 11.9 Å². The quantitative estimate of drug-likeness (QED) is 0.0921. The Bertz CT molecular complexity index is 1630. The lowest BCUT2D eigenvalue weighted by molar-refractivity contribution is -0.384. The second-order valence-corrected chi connectivity index (χ2v) is 9.32. The van der Waals surface area contributed by atoms with E-state index in [1.54, 1.807) is 48.5 Å². The molecule has 2 heterocycles. The molecule has 0 atom stereocenters. The molecule has 8 nitrogen and oxygen atoms in total. The lowest BCUT2D eigenvalue weighted by atomic mass is 10.1. The molecule has 0 aliphatic carbocycles.